The van der Waals surface area contributed by atoms with Crippen molar-refractivity contribution in [3.05, 3.63) is 71.7 Å². The molecular formula is C25H27NO4. The lowest BCUT2D eigenvalue weighted by molar-refractivity contribution is 0.137. The first-order valence-corrected chi connectivity index (χ1v) is 10.6. The van der Waals surface area contributed by atoms with Crippen molar-refractivity contribution < 1.29 is 18.6 Å². The van der Waals surface area contributed by atoms with Crippen molar-refractivity contribution in [2.75, 3.05) is 26.4 Å². The molecule has 0 radical (unpaired) electrons. The second-order valence-corrected chi connectivity index (χ2v) is 8.07. The zero-order chi connectivity index (χ0) is 20.3. The average molecular weight is 405 g/mol. The van der Waals surface area contributed by atoms with E-state index in [1.807, 2.05) is 12.3 Å². The first-order chi connectivity index (χ1) is 14.8. The Kier molecular flexibility index (Phi) is 5.47. The van der Waals surface area contributed by atoms with Crippen molar-refractivity contribution in [2.45, 2.75) is 32.5 Å². The summed E-state index contributed by atoms with van der Waals surface area (Å²) in [5.41, 5.74) is 5.96. The van der Waals surface area contributed by atoms with E-state index in [0.717, 1.165) is 55.3 Å². The average Bonchev–Trinajstić information content (AvgIpc) is 3.40. The van der Waals surface area contributed by atoms with Crippen LogP contribution in [0.15, 0.2) is 59.4 Å². The van der Waals surface area contributed by atoms with Gasteiger partial charge in [0.1, 0.15) is 12.7 Å². The minimum absolute atomic E-state index is 0.0788. The monoisotopic (exact) mass is 405 g/mol. The molecule has 1 aromatic heterocycles. The van der Waals surface area contributed by atoms with Gasteiger partial charge in [0.05, 0.1) is 25.7 Å². The normalized spacial score (nSPS) is 19.2. The SMILES string of the molecule is Cc1ccccc1-c1cc2c(c(OC3CCOC3)c1)OCCN(Cc1ccoc1)C2. The molecular weight excluding hydrogens is 378 g/mol. The molecule has 0 spiro atoms. The van der Waals surface area contributed by atoms with Crippen LogP contribution in [0.1, 0.15) is 23.1 Å². The second-order valence-electron chi connectivity index (χ2n) is 8.07. The lowest BCUT2D eigenvalue weighted by atomic mass is 9.97. The Morgan fingerprint density at radius 1 is 1.13 bits per heavy atom. The largest absolute Gasteiger partial charge is 0.488 e. The molecule has 0 amide bonds. The van der Waals surface area contributed by atoms with Crippen molar-refractivity contribution in [3.8, 4) is 22.6 Å². The molecule has 156 valence electrons. The minimum Gasteiger partial charge on any atom is -0.488 e. The highest BCUT2D eigenvalue weighted by Gasteiger charge is 2.25. The van der Waals surface area contributed by atoms with Gasteiger partial charge in [-0.25, -0.2) is 0 Å². The summed E-state index contributed by atoms with van der Waals surface area (Å²) >= 11 is 0. The number of rotatable bonds is 5. The Labute approximate surface area is 177 Å². The maximum atomic E-state index is 6.39. The summed E-state index contributed by atoms with van der Waals surface area (Å²) < 4.78 is 23.4. The third kappa shape index (κ3) is 4.09. The van der Waals surface area contributed by atoms with Gasteiger partial charge in [-0.1, -0.05) is 24.3 Å². The van der Waals surface area contributed by atoms with Crippen LogP contribution < -0.4 is 9.47 Å². The molecule has 5 nitrogen and oxygen atoms in total. The fourth-order valence-corrected chi connectivity index (χ4v) is 4.24. The molecule has 30 heavy (non-hydrogen) atoms. The molecule has 0 bridgehead atoms. The van der Waals surface area contributed by atoms with Crippen molar-refractivity contribution in [2.24, 2.45) is 0 Å². The summed E-state index contributed by atoms with van der Waals surface area (Å²) in [4.78, 5) is 2.39. The van der Waals surface area contributed by atoms with Crippen molar-refractivity contribution in [1.29, 1.82) is 0 Å². The lowest BCUT2D eigenvalue weighted by Crippen LogP contribution is -2.25. The fourth-order valence-electron chi connectivity index (χ4n) is 4.24. The highest BCUT2D eigenvalue weighted by molar-refractivity contribution is 5.72. The quantitative estimate of drug-likeness (QED) is 0.609. The van der Waals surface area contributed by atoms with Crippen LogP contribution in [-0.4, -0.2) is 37.4 Å². The Hall–Kier alpha value is -2.76. The summed E-state index contributed by atoms with van der Waals surface area (Å²) in [7, 11) is 0. The van der Waals surface area contributed by atoms with Gasteiger partial charge in [0.25, 0.3) is 0 Å². The van der Waals surface area contributed by atoms with E-state index < -0.39 is 0 Å². The lowest BCUT2D eigenvalue weighted by Gasteiger charge is -2.21. The van der Waals surface area contributed by atoms with Gasteiger partial charge in [-0.15, -0.1) is 0 Å². The van der Waals surface area contributed by atoms with Crippen LogP contribution in [0.25, 0.3) is 11.1 Å². The van der Waals surface area contributed by atoms with Gasteiger partial charge < -0.3 is 18.6 Å². The Morgan fingerprint density at radius 2 is 2.07 bits per heavy atom. The van der Waals surface area contributed by atoms with E-state index in [2.05, 4.69) is 48.2 Å². The Bertz CT molecular complexity index is 992. The van der Waals surface area contributed by atoms with E-state index in [9.17, 15) is 0 Å². The van der Waals surface area contributed by atoms with Crippen LogP contribution in [0.5, 0.6) is 11.5 Å². The summed E-state index contributed by atoms with van der Waals surface area (Å²) in [5.74, 6) is 1.69. The van der Waals surface area contributed by atoms with Gasteiger partial charge in [-0.05, 0) is 41.8 Å². The highest BCUT2D eigenvalue weighted by Crippen LogP contribution is 2.40. The van der Waals surface area contributed by atoms with Gasteiger partial charge in [0, 0.05) is 37.2 Å². The van der Waals surface area contributed by atoms with E-state index in [1.54, 1.807) is 6.26 Å². The highest BCUT2D eigenvalue weighted by atomic mass is 16.6. The molecule has 0 N–H and O–H groups in total. The zero-order valence-electron chi connectivity index (χ0n) is 17.3. The molecule has 2 aromatic carbocycles. The van der Waals surface area contributed by atoms with E-state index in [1.165, 1.54) is 16.7 Å². The summed E-state index contributed by atoms with van der Waals surface area (Å²) in [5, 5.41) is 0. The number of hydrogen-bond acceptors (Lipinski definition) is 5. The summed E-state index contributed by atoms with van der Waals surface area (Å²) in [6, 6.07) is 14.9. The van der Waals surface area contributed by atoms with E-state index in [-0.39, 0.29) is 6.10 Å². The predicted octanol–water partition coefficient (Wildman–Crippen LogP) is 4.82. The first-order valence-electron chi connectivity index (χ1n) is 10.6. The van der Waals surface area contributed by atoms with Crippen LogP contribution in [0.3, 0.4) is 0 Å². The van der Waals surface area contributed by atoms with Gasteiger partial charge in [-0.2, -0.15) is 0 Å². The molecule has 5 rings (SSSR count). The summed E-state index contributed by atoms with van der Waals surface area (Å²) in [6.07, 6.45) is 4.53. The topological polar surface area (TPSA) is 44.1 Å². The molecule has 1 saturated heterocycles. The van der Waals surface area contributed by atoms with Crippen molar-refractivity contribution >= 4 is 0 Å². The number of furan rings is 1. The van der Waals surface area contributed by atoms with E-state index >= 15 is 0 Å². The molecule has 2 aliphatic rings. The molecule has 2 aliphatic heterocycles. The van der Waals surface area contributed by atoms with Gasteiger partial charge in [-0.3, -0.25) is 4.90 Å². The predicted molar refractivity (Wildman–Crippen MR) is 115 cm³/mol. The maximum Gasteiger partial charge on any atom is 0.165 e. The third-order valence-corrected chi connectivity index (χ3v) is 5.80. The van der Waals surface area contributed by atoms with Crippen molar-refractivity contribution in [3.63, 3.8) is 0 Å². The summed E-state index contributed by atoms with van der Waals surface area (Å²) in [6.45, 7) is 6.66. The zero-order valence-corrected chi connectivity index (χ0v) is 17.3. The minimum atomic E-state index is 0.0788. The van der Waals surface area contributed by atoms with Crippen LogP contribution in [-0.2, 0) is 17.8 Å². The molecule has 0 saturated carbocycles. The van der Waals surface area contributed by atoms with E-state index in [4.69, 9.17) is 18.6 Å². The van der Waals surface area contributed by atoms with Crippen LogP contribution in [0, 0.1) is 6.92 Å². The van der Waals surface area contributed by atoms with Gasteiger partial charge >= 0.3 is 0 Å². The number of hydrogen-bond donors (Lipinski definition) is 0. The molecule has 5 heteroatoms. The van der Waals surface area contributed by atoms with E-state index in [0.29, 0.717) is 13.2 Å². The third-order valence-electron chi connectivity index (χ3n) is 5.80. The molecule has 0 aliphatic carbocycles. The number of ether oxygens (including phenoxy) is 3. The van der Waals surface area contributed by atoms with Crippen LogP contribution in [0.4, 0.5) is 0 Å². The molecule has 1 atom stereocenters. The smallest absolute Gasteiger partial charge is 0.165 e. The van der Waals surface area contributed by atoms with Crippen molar-refractivity contribution in [1.82, 2.24) is 4.90 Å². The number of aryl methyl sites for hydroxylation is 1. The van der Waals surface area contributed by atoms with Crippen LogP contribution >= 0.6 is 0 Å². The van der Waals surface area contributed by atoms with Crippen LogP contribution in [0.2, 0.25) is 0 Å². The maximum absolute atomic E-state index is 6.39. The second kappa shape index (κ2) is 8.54. The number of benzene rings is 2. The molecule has 3 heterocycles. The fraction of sp³-hybridized carbons (Fsp3) is 0.360. The Morgan fingerprint density at radius 3 is 2.87 bits per heavy atom. The number of nitrogens with zero attached hydrogens (tertiary/aromatic N) is 1. The molecule has 3 aromatic rings. The van der Waals surface area contributed by atoms with Gasteiger partial charge in [0.2, 0.25) is 0 Å². The Balaban J connectivity index is 1.52. The first kappa shape index (κ1) is 19.2. The number of fused-ring (bicyclic) bond motifs is 1. The van der Waals surface area contributed by atoms with Gasteiger partial charge in [0.15, 0.2) is 11.5 Å². The standard InChI is InChI=1S/C25H27NO4/c1-18-4-2-3-5-23(18)20-12-21-15-26(14-19-6-9-27-16-19)8-11-29-25(21)24(13-20)30-22-7-10-28-17-22/h2-6,9,12-13,16,22H,7-8,10-11,14-15,17H2,1H3. The molecule has 1 unspecified atom stereocenters. The molecule has 1 fully saturated rings.